The van der Waals surface area contributed by atoms with Gasteiger partial charge in [0.05, 0.1) is 6.10 Å². The van der Waals surface area contributed by atoms with E-state index >= 15 is 0 Å². The van der Waals surface area contributed by atoms with Gasteiger partial charge in [0.1, 0.15) is 5.78 Å². The molecular weight excluding hydrogens is 298 g/mol. The van der Waals surface area contributed by atoms with Crippen molar-refractivity contribution in [2.45, 2.75) is 78.2 Å². The molecule has 2 N–H and O–H groups in total. The third-order valence-electron chi connectivity index (χ3n) is 8.74. The second-order valence-electron chi connectivity index (χ2n) is 9.52. The van der Waals surface area contributed by atoms with Gasteiger partial charge in [0.15, 0.2) is 0 Å². The average Bonchev–Trinajstić information content (AvgIpc) is 2.91. The van der Waals surface area contributed by atoms with Crippen molar-refractivity contribution in [3.63, 3.8) is 0 Å². The lowest BCUT2D eigenvalue weighted by molar-refractivity contribution is -0.127. The highest BCUT2D eigenvalue weighted by Crippen LogP contribution is 2.66. The van der Waals surface area contributed by atoms with E-state index < -0.39 is 0 Å². The van der Waals surface area contributed by atoms with Gasteiger partial charge >= 0.3 is 0 Å². The zero-order valence-electron chi connectivity index (χ0n) is 15.5. The number of nitrogens with two attached hydrogens (primary N) is 1. The summed E-state index contributed by atoms with van der Waals surface area (Å²) in [6, 6.07) is 0. The predicted octanol–water partition coefficient (Wildman–Crippen LogP) is 4.41. The highest BCUT2D eigenvalue weighted by atomic mass is 16.6. The van der Waals surface area contributed by atoms with E-state index in [0.29, 0.717) is 17.1 Å². The number of carbonyl (C=O) groups excluding carboxylic acids is 1. The molecule has 0 aliphatic heterocycles. The smallest absolute Gasteiger partial charge is 0.133 e. The van der Waals surface area contributed by atoms with Gasteiger partial charge in [-0.25, -0.2) is 5.90 Å². The van der Waals surface area contributed by atoms with Crippen LogP contribution in [0, 0.1) is 34.5 Å². The number of ketones is 1. The molecule has 0 bridgehead atoms. The van der Waals surface area contributed by atoms with Crippen molar-refractivity contribution in [2.75, 3.05) is 0 Å². The molecule has 3 heteroatoms. The van der Waals surface area contributed by atoms with Gasteiger partial charge in [-0.3, -0.25) is 9.63 Å². The predicted molar refractivity (Wildman–Crippen MR) is 94.9 cm³/mol. The average molecular weight is 332 g/mol. The van der Waals surface area contributed by atoms with Gasteiger partial charge in [-0.1, -0.05) is 25.5 Å². The summed E-state index contributed by atoms with van der Waals surface area (Å²) < 4.78 is 0. The Morgan fingerprint density at radius 1 is 1.12 bits per heavy atom. The van der Waals surface area contributed by atoms with Crippen molar-refractivity contribution in [3.05, 3.63) is 11.6 Å². The molecule has 3 nitrogen and oxygen atoms in total. The van der Waals surface area contributed by atoms with Gasteiger partial charge < -0.3 is 0 Å². The summed E-state index contributed by atoms with van der Waals surface area (Å²) in [5.74, 6) is 8.56. The molecule has 0 amide bonds. The van der Waals surface area contributed by atoms with E-state index in [9.17, 15) is 4.79 Å². The molecule has 4 aliphatic rings. The fourth-order valence-electron chi connectivity index (χ4n) is 7.47. The molecule has 3 fully saturated rings. The standard InChI is InChI=1S/C21H33NO2/c1-13(23)17-6-7-18-16-5-4-14-12-15(24-22)8-10-20(14,2)19(16)9-11-21(17,18)3/h12,15-19H,4-11,22H2,1-3H3/t15-,16?,17+,18?,19?,20-,21+/m0/s1. The molecule has 0 aromatic carbocycles. The Labute approximate surface area is 146 Å². The first-order valence-electron chi connectivity index (χ1n) is 9.97. The first-order valence-corrected chi connectivity index (χ1v) is 9.97. The van der Waals surface area contributed by atoms with Gasteiger partial charge in [-0.05, 0) is 86.9 Å². The number of rotatable bonds is 2. The minimum atomic E-state index is 0.118. The van der Waals surface area contributed by atoms with Crippen LogP contribution in [0.3, 0.4) is 0 Å². The van der Waals surface area contributed by atoms with Crippen LogP contribution in [0.5, 0.6) is 0 Å². The van der Waals surface area contributed by atoms with Crippen LogP contribution in [0.25, 0.3) is 0 Å². The van der Waals surface area contributed by atoms with Gasteiger partial charge in [0.25, 0.3) is 0 Å². The molecule has 3 saturated carbocycles. The van der Waals surface area contributed by atoms with E-state index in [1.165, 1.54) is 38.5 Å². The quantitative estimate of drug-likeness (QED) is 0.602. The van der Waals surface area contributed by atoms with Crippen LogP contribution in [0.2, 0.25) is 0 Å². The molecule has 24 heavy (non-hydrogen) atoms. The van der Waals surface area contributed by atoms with E-state index in [0.717, 1.165) is 30.6 Å². The molecule has 0 aromatic heterocycles. The Morgan fingerprint density at radius 3 is 2.62 bits per heavy atom. The minimum absolute atomic E-state index is 0.118. The Morgan fingerprint density at radius 2 is 1.92 bits per heavy atom. The van der Waals surface area contributed by atoms with E-state index in [1.807, 2.05) is 6.92 Å². The molecule has 4 aliphatic carbocycles. The van der Waals surface area contributed by atoms with Gasteiger partial charge in [0.2, 0.25) is 0 Å². The van der Waals surface area contributed by atoms with E-state index in [1.54, 1.807) is 5.57 Å². The van der Waals surface area contributed by atoms with Crippen LogP contribution in [-0.2, 0) is 9.63 Å². The number of allylic oxidation sites excluding steroid dienone is 1. The summed E-state index contributed by atoms with van der Waals surface area (Å²) in [5.41, 5.74) is 2.21. The summed E-state index contributed by atoms with van der Waals surface area (Å²) in [4.78, 5) is 17.3. The molecule has 3 unspecified atom stereocenters. The molecule has 0 saturated heterocycles. The first-order chi connectivity index (χ1) is 11.4. The molecule has 4 rings (SSSR count). The van der Waals surface area contributed by atoms with Crippen molar-refractivity contribution in [1.82, 2.24) is 0 Å². The minimum Gasteiger partial charge on any atom is -0.300 e. The maximum absolute atomic E-state index is 12.2. The summed E-state index contributed by atoms with van der Waals surface area (Å²) in [5, 5.41) is 0. The molecule has 134 valence electrons. The summed E-state index contributed by atoms with van der Waals surface area (Å²) in [6.45, 7) is 6.75. The fourth-order valence-corrected chi connectivity index (χ4v) is 7.47. The van der Waals surface area contributed by atoms with Crippen molar-refractivity contribution >= 4 is 5.78 Å². The molecular formula is C21H33NO2. The number of hydrogen-bond donors (Lipinski definition) is 1. The van der Waals surface area contributed by atoms with Crippen molar-refractivity contribution in [3.8, 4) is 0 Å². The third-order valence-corrected chi connectivity index (χ3v) is 8.74. The maximum Gasteiger partial charge on any atom is 0.133 e. The zero-order chi connectivity index (χ0) is 17.1. The maximum atomic E-state index is 12.2. The number of carbonyl (C=O) groups is 1. The monoisotopic (exact) mass is 331 g/mol. The Hall–Kier alpha value is -0.670. The topological polar surface area (TPSA) is 52.3 Å². The number of hydrogen-bond acceptors (Lipinski definition) is 3. The van der Waals surface area contributed by atoms with E-state index in [-0.39, 0.29) is 11.5 Å². The van der Waals surface area contributed by atoms with Gasteiger partial charge in [-0.2, -0.15) is 0 Å². The lowest BCUT2D eigenvalue weighted by Crippen LogP contribution is -2.51. The Balaban J connectivity index is 1.63. The molecule has 0 radical (unpaired) electrons. The SMILES string of the molecule is CC(=O)[C@H]1CCC2C3CCC4=C[C@@H](ON)CC[C@]4(C)C3CC[C@@]21C. The fraction of sp³-hybridized carbons (Fsp3) is 0.857. The lowest BCUT2D eigenvalue weighted by atomic mass is 9.46. The summed E-state index contributed by atoms with van der Waals surface area (Å²) in [7, 11) is 0. The zero-order valence-corrected chi connectivity index (χ0v) is 15.5. The second-order valence-corrected chi connectivity index (χ2v) is 9.52. The lowest BCUT2D eigenvalue weighted by Gasteiger charge is -2.58. The highest BCUT2D eigenvalue weighted by molar-refractivity contribution is 5.79. The molecule has 0 aromatic rings. The van der Waals surface area contributed by atoms with Crippen molar-refractivity contribution < 1.29 is 9.63 Å². The Bertz CT molecular complexity index is 570. The largest absolute Gasteiger partial charge is 0.300 e. The summed E-state index contributed by atoms with van der Waals surface area (Å²) in [6.07, 6.45) is 12.1. The van der Waals surface area contributed by atoms with Crippen LogP contribution in [0.1, 0.15) is 72.1 Å². The van der Waals surface area contributed by atoms with Crippen LogP contribution in [0.15, 0.2) is 11.6 Å². The molecule has 0 heterocycles. The first kappa shape index (κ1) is 16.8. The summed E-state index contributed by atoms with van der Waals surface area (Å²) >= 11 is 0. The highest BCUT2D eigenvalue weighted by Gasteiger charge is 2.59. The Kier molecular flexibility index (Phi) is 3.96. The second kappa shape index (κ2) is 5.67. The van der Waals surface area contributed by atoms with Crippen molar-refractivity contribution in [2.24, 2.45) is 40.4 Å². The third kappa shape index (κ3) is 2.20. The van der Waals surface area contributed by atoms with Crippen molar-refractivity contribution in [1.29, 1.82) is 0 Å². The van der Waals surface area contributed by atoms with Crippen LogP contribution in [-0.4, -0.2) is 11.9 Å². The molecule has 7 atom stereocenters. The number of Topliss-reactive ketones (excluding diaryl/α,β-unsaturated/α-hetero) is 1. The van der Waals surface area contributed by atoms with Crippen LogP contribution < -0.4 is 5.90 Å². The van der Waals surface area contributed by atoms with Crippen LogP contribution >= 0.6 is 0 Å². The van der Waals surface area contributed by atoms with E-state index in [2.05, 4.69) is 19.9 Å². The van der Waals surface area contributed by atoms with Gasteiger partial charge in [0, 0.05) is 5.92 Å². The van der Waals surface area contributed by atoms with Crippen LogP contribution in [0.4, 0.5) is 0 Å². The van der Waals surface area contributed by atoms with Gasteiger partial charge in [-0.15, -0.1) is 0 Å². The van der Waals surface area contributed by atoms with E-state index in [4.69, 9.17) is 10.7 Å². The molecule has 0 spiro atoms. The number of fused-ring (bicyclic) bond motifs is 5. The normalized spacial score (nSPS) is 50.5.